The minimum Gasteiger partial charge on any atom is -0.507 e. The third-order valence-electron chi connectivity index (χ3n) is 6.91. The van der Waals surface area contributed by atoms with Crippen LogP contribution in [0, 0.1) is 6.92 Å². The maximum absolute atomic E-state index is 11.2. The van der Waals surface area contributed by atoms with Crippen molar-refractivity contribution in [1.82, 2.24) is 0 Å². The highest BCUT2D eigenvalue weighted by Crippen LogP contribution is 2.64. The Kier molecular flexibility index (Phi) is 4.12. The zero-order valence-corrected chi connectivity index (χ0v) is 17.8. The summed E-state index contributed by atoms with van der Waals surface area (Å²) >= 11 is 0. The standard InChI is InChI=1S/C28H24O4/c1-17-9-11-19(12-10-17)31-20-5-4-6-21(15-20)32-28-14-13-18(16-28)24-25(28)27(30)23-8-3-2-7-22(23)26(24)29/h2-12,15,18,29-30H,13-14,16H2,1H3. The van der Waals surface area contributed by atoms with Crippen molar-refractivity contribution in [3.05, 3.63) is 89.5 Å². The molecular formula is C28H24O4. The van der Waals surface area contributed by atoms with Gasteiger partial charge in [0.25, 0.3) is 0 Å². The molecule has 2 N–H and O–H groups in total. The van der Waals surface area contributed by atoms with Gasteiger partial charge in [-0.1, -0.05) is 48.0 Å². The van der Waals surface area contributed by atoms with E-state index in [0.717, 1.165) is 36.1 Å². The first kappa shape index (κ1) is 19.1. The molecule has 2 unspecified atom stereocenters. The number of hydrogen-bond donors (Lipinski definition) is 2. The molecule has 1 fully saturated rings. The van der Waals surface area contributed by atoms with Crippen LogP contribution in [0.25, 0.3) is 10.8 Å². The van der Waals surface area contributed by atoms with E-state index in [0.29, 0.717) is 22.3 Å². The topological polar surface area (TPSA) is 58.9 Å². The molecule has 4 aromatic carbocycles. The van der Waals surface area contributed by atoms with Gasteiger partial charge in [0.05, 0.1) is 0 Å². The van der Waals surface area contributed by atoms with Gasteiger partial charge in [0, 0.05) is 28.0 Å². The Labute approximate surface area is 186 Å². The van der Waals surface area contributed by atoms with E-state index in [2.05, 4.69) is 0 Å². The molecule has 2 bridgehead atoms. The molecule has 0 amide bonds. The largest absolute Gasteiger partial charge is 0.507 e. The summed E-state index contributed by atoms with van der Waals surface area (Å²) in [7, 11) is 0. The molecule has 2 atom stereocenters. The molecule has 2 aliphatic carbocycles. The maximum atomic E-state index is 11.2. The smallest absolute Gasteiger partial charge is 0.139 e. The predicted octanol–water partition coefficient (Wildman–Crippen LogP) is 6.91. The molecule has 0 spiro atoms. The van der Waals surface area contributed by atoms with E-state index < -0.39 is 5.60 Å². The van der Waals surface area contributed by atoms with E-state index in [9.17, 15) is 10.2 Å². The number of aromatic hydroxyl groups is 2. The van der Waals surface area contributed by atoms with E-state index in [4.69, 9.17) is 9.47 Å². The van der Waals surface area contributed by atoms with Crippen LogP contribution in [-0.2, 0) is 5.60 Å². The summed E-state index contributed by atoms with van der Waals surface area (Å²) in [6.07, 6.45) is 2.49. The molecule has 0 radical (unpaired) electrons. The number of benzene rings is 4. The second-order valence-electron chi connectivity index (χ2n) is 8.96. The van der Waals surface area contributed by atoms with Crippen LogP contribution in [0.1, 0.15) is 41.9 Å². The molecule has 0 heterocycles. The number of rotatable bonds is 4. The lowest BCUT2D eigenvalue weighted by Gasteiger charge is -2.31. The van der Waals surface area contributed by atoms with Gasteiger partial charge in [0.15, 0.2) is 0 Å². The van der Waals surface area contributed by atoms with E-state index >= 15 is 0 Å². The van der Waals surface area contributed by atoms with Crippen molar-refractivity contribution in [2.45, 2.75) is 37.7 Å². The molecule has 0 aromatic heterocycles. The van der Waals surface area contributed by atoms with Gasteiger partial charge in [-0.3, -0.25) is 0 Å². The second-order valence-corrected chi connectivity index (χ2v) is 8.96. The number of phenolic OH excluding ortho intramolecular Hbond substituents is 2. The summed E-state index contributed by atoms with van der Waals surface area (Å²) in [4.78, 5) is 0. The lowest BCUT2D eigenvalue weighted by Crippen LogP contribution is -2.28. The van der Waals surface area contributed by atoms with Gasteiger partial charge < -0.3 is 19.7 Å². The van der Waals surface area contributed by atoms with Gasteiger partial charge in [0.1, 0.15) is 34.3 Å². The average molecular weight is 424 g/mol. The van der Waals surface area contributed by atoms with E-state index in [1.165, 1.54) is 5.56 Å². The van der Waals surface area contributed by atoms with Gasteiger partial charge in [0.2, 0.25) is 0 Å². The van der Waals surface area contributed by atoms with Crippen molar-refractivity contribution in [3.63, 3.8) is 0 Å². The van der Waals surface area contributed by atoms with Crippen LogP contribution in [0.3, 0.4) is 0 Å². The lowest BCUT2D eigenvalue weighted by atomic mass is 9.85. The van der Waals surface area contributed by atoms with Gasteiger partial charge in [-0.15, -0.1) is 0 Å². The number of hydrogen-bond acceptors (Lipinski definition) is 4. The van der Waals surface area contributed by atoms with Gasteiger partial charge in [-0.2, -0.15) is 0 Å². The molecule has 4 nitrogen and oxygen atoms in total. The summed E-state index contributed by atoms with van der Waals surface area (Å²) in [5, 5.41) is 23.6. The maximum Gasteiger partial charge on any atom is 0.139 e. The van der Waals surface area contributed by atoms with Crippen LogP contribution < -0.4 is 9.47 Å². The summed E-state index contributed by atoms with van der Waals surface area (Å²) in [5.41, 5.74) is 2.13. The number of phenols is 2. The van der Waals surface area contributed by atoms with Crippen LogP contribution in [0.2, 0.25) is 0 Å². The quantitative estimate of drug-likeness (QED) is 0.350. The van der Waals surface area contributed by atoms with Crippen molar-refractivity contribution in [3.8, 4) is 28.7 Å². The Morgan fingerprint density at radius 3 is 2.31 bits per heavy atom. The van der Waals surface area contributed by atoms with Crippen molar-refractivity contribution in [2.24, 2.45) is 0 Å². The first-order valence-electron chi connectivity index (χ1n) is 11.0. The first-order valence-corrected chi connectivity index (χ1v) is 11.0. The Balaban J connectivity index is 1.38. The van der Waals surface area contributed by atoms with Crippen molar-refractivity contribution in [2.75, 3.05) is 0 Å². The zero-order chi connectivity index (χ0) is 21.9. The molecule has 1 saturated carbocycles. The van der Waals surface area contributed by atoms with Gasteiger partial charge >= 0.3 is 0 Å². The Bertz CT molecular complexity index is 1340. The molecule has 2 aliphatic rings. The van der Waals surface area contributed by atoms with Crippen molar-refractivity contribution >= 4 is 10.8 Å². The van der Waals surface area contributed by atoms with Gasteiger partial charge in [-0.25, -0.2) is 0 Å². The molecule has 0 saturated heterocycles. The first-order chi connectivity index (χ1) is 15.5. The van der Waals surface area contributed by atoms with E-state index in [1.54, 1.807) is 0 Å². The highest BCUT2D eigenvalue weighted by atomic mass is 16.5. The third-order valence-corrected chi connectivity index (χ3v) is 6.91. The Morgan fingerprint density at radius 1 is 0.812 bits per heavy atom. The van der Waals surface area contributed by atoms with E-state index in [1.807, 2.05) is 79.7 Å². The van der Waals surface area contributed by atoms with Crippen LogP contribution in [0.15, 0.2) is 72.8 Å². The summed E-state index contributed by atoms with van der Waals surface area (Å²) in [6.45, 7) is 2.04. The highest BCUT2D eigenvalue weighted by molar-refractivity contribution is 5.96. The summed E-state index contributed by atoms with van der Waals surface area (Å²) < 4.78 is 12.6. The van der Waals surface area contributed by atoms with E-state index in [-0.39, 0.29) is 17.4 Å². The second kappa shape index (κ2) is 6.92. The molecule has 32 heavy (non-hydrogen) atoms. The fraction of sp³-hybridized carbons (Fsp3) is 0.214. The van der Waals surface area contributed by atoms with Crippen LogP contribution in [-0.4, -0.2) is 10.2 Å². The Hall–Kier alpha value is -3.66. The Morgan fingerprint density at radius 2 is 1.53 bits per heavy atom. The number of aryl methyl sites for hydroxylation is 1. The third kappa shape index (κ3) is 2.83. The number of ether oxygens (including phenoxy) is 2. The lowest BCUT2D eigenvalue weighted by molar-refractivity contribution is 0.0766. The molecular weight excluding hydrogens is 400 g/mol. The van der Waals surface area contributed by atoms with Crippen LogP contribution in [0.5, 0.6) is 28.7 Å². The molecule has 4 heteroatoms. The minimum atomic E-state index is -0.645. The van der Waals surface area contributed by atoms with Gasteiger partial charge in [-0.05, 0) is 56.4 Å². The van der Waals surface area contributed by atoms with Crippen molar-refractivity contribution < 1.29 is 19.7 Å². The van der Waals surface area contributed by atoms with Crippen molar-refractivity contribution in [1.29, 1.82) is 0 Å². The SMILES string of the molecule is Cc1ccc(Oc2cccc(OC34CCC(C3)c3c4c(O)c4ccccc4c3O)c2)cc1. The normalized spacial score (nSPS) is 21.0. The molecule has 0 aliphatic heterocycles. The molecule has 4 aromatic rings. The van der Waals surface area contributed by atoms with Crippen LogP contribution in [0.4, 0.5) is 0 Å². The highest BCUT2D eigenvalue weighted by Gasteiger charge is 2.54. The predicted molar refractivity (Wildman–Crippen MR) is 124 cm³/mol. The minimum absolute atomic E-state index is 0.187. The monoisotopic (exact) mass is 424 g/mol. The zero-order valence-electron chi connectivity index (χ0n) is 17.8. The molecule has 6 rings (SSSR count). The fourth-order valence-electron chi connectivity index (χ4n) is 5.48. The average Bonchev–Trinajstić information content (AvgIpc) is 3.36. The molecule has 160 valence electrons. The van der Waals surface area contributed by atoms with Crippen LogP contribution >= 0.6 is 0 Å². The number of fused-ring (bicyclic) bond motifs is 6. The summed E-state index contributed by atoms with van der Waals surface area (Å²) in [6, 6.07) is 23.0. The summed E-state index contributed by atoms with van der Waals surface area (Å²) in [5.74, 6) is 2.85. The fourth-order valence-corrected chi connectivity index (χ4v) is 5.48.